The van der Waals surface area contributed by atoms with Crippen LogP contribution in [-0.2, 0) is 11.2 Å². The molecule has 0 heterocycles. The average Bonchev–Trinajstić information content (AvgIpc) is 2.98. The van der Waals surface area contributed by atoms with Gasteiger partial charge in [0.15, 0.2) is 0 Å². The number of nitrogens with one attached hydrogen (secondary N) is 1. The number of rotatable bonds is 4. The zero-order valence-electron chi connectivity index (χ0n) is 9.37. The molecule has 2 atom stereocenters. The third-order valence-electron chi connectivity index (χ3n) is 3.07. The van der Waals surface area contributed by atoms with E-state index in [4.69, 9.17) is 0 Å². The van der Waals surface area contributed by atoms with Gasteiger partial charge in [-0.25, -0.2) is 4.39 Å². The molecule has 1 fully saturated rings. The first-order valence-corrected chi connectivity index (χ1v) is 5.69. The molecule has 0 aromatic heterocycles. The normalized spacial score (nSPS) is 22.9. The standard InChI is InChI=1S/C13H16FNO/c1-9-8-12(9)13(16)15-7-6-10-2-4-11(14)5-3-10/h2-5,9,12H,6-8H2,1H3,(H,15,16)/t9-,12-/m0/s1. The molecule has 0 spiro atoms. The molecular weight excluding hydrogens is 205 g/mol. The second-order valence-corrected chi connectivity index (χ2v) is 4.49. The van der Waals surface area contributed by atoms with Crippen molar-refractivity contribution in [3.05, 3.63) is 35.6 Å². The molecule has 0 radical (unpaired) electrons. The third kappa shape index (κ3) is 2.81. The fourth-order valence-corrected chi connectivity index (χ4v) is 1.80. The van der Waals surface area contributed by atoms with Gasteiger partial charge in [-0.2, -0.15) is 0 Å². The van der Waals surface area contributed by atoms with Crippen molar-refractivity contribution in [1.29, 1.82) is 0 Å². The molecule has 0 bridgehead atoms. The van der Waals surface area contributed by atoms with Crippen LogP contribution in [0.15, 0.2) is 24.3 Å². The molecule has 1 amide bonds. The molecule has 1 aromatic rings. The van der Waals surface area contributed by atoms with E-state index in [2.05, 4.69) is 12.2 Å². The first-order valence-electron chi connectivity index (χ1n) is 5.69. The van der Waals surface area contributed by atoms with Crippen molar-refractivity contribution < 1.29 is 9.18 Å². The van der Waals surface area contributed by atoms with Crippen LogP contribution in [0.4, 0.5) is 4.39 Å². The number of carbonyl (C=O) groups excluding carboxylic acids is 1. The minimum atomic E-state index is -0.223. The molecule has 86 valence electrons. The van der Waals surface area contributed by atoms with Gasteiger partial charge in [-0.15, -0.1) is 0 Å². The molecule has 3 heteroatoms. The molecule has 1 N–H and O–H groups in total. The highest BCUT2D eigenvalue weighted by Gasteiger charge is 2.38. The number of amides is 1. The fourth-order valence-electron chi connectivity index (χ4n) is 1.80. The Kier molecular flexibility index (Phi) is 3.22. The van der Waals surface area contributed by atoms with E-state index in [0.717, 1.165) is 18.4 Å². The molecule has 1 saturated carbocycles. The lowest BCUT2D eigenvalue weighted by Crippen LogP contribution is -2.27. The Labute approximate surface area is 94.9 Å². The largest absolute Gasteiger partial charge is 0.356 e. The van der Waals surface area contributed by atoms with Crippen LogP contribution in [0.2, 0.25) is 0 Å². The number of halogens is 1. The minimum absolute atomic E-state index is 0.162. The quantitative estimate of drug-likeness (QED) is 0.829. The van der Waals surface area contributed by atoms with E-state index in [1.165, 1.54) is 12.1 Å². The average molecular weight is 221 g/mol. The molecule has 0 saturated heterocycles. The predicted molar refractivity (Wildman–Crippen MR) is 60.4 cm³/mol. The van der Waals surface area contributed by atoms with Crippen molar-refractivity contribution in [2.75, 3.05) is 6.54 Å². The lowest BCUT2D eigenvalue weighted by molar-refractivity contribution is -0.122. The van der Waals surface area contributed by atoms with Gasteiger partial charge in [0.25, 0.3) is 0 Å². The Balaban J connectivity index is 1.71. The number of hydrogen-bond donors (Lipinski definition) is 1. The van der Waals surface area contributed by atoms with Gasteiger partial charge in [-0.1, -0.05) is 19.1 Å². The van der Waals surface area contributed by atoms with E-state index in [0.29, 0.717) is 12.5 Å². The summed E-state index contributed by atoms with van der Waals surface area (Å²) >= 11 is 0. The molecule has 16 heavy (non-hydrogen) atoms. The number of benzene rings is 1. The van der Waals surface area contributed by atoms with Gasteiger partial charge in [0.05, 0.1) is 0 Å². The molecular formula is C13H16FNO. The van der Waals surface area contributed by atoms with Gasteiger partial charge in [0, 0.05) is 12.5 Å². The summed E-state index contributed by atoms with van der Waals surface area (Å²) in [7, 11) is 0. The highest BCUT2D eigenvalue weighted by Crippen LogP contribution is 2.37. The van der Waals surface area contributed by atoms with Crippen molar-refractivity contribution in [1.82, 2.24) is 5.32 Å². The number of carbonyl (C=O) groups is 1. The summed E-state index contributed by atoms with van der Waals surface area (Å²) in [5.41, 5.74) is 1.05. The van der Waals surface area contributed by atoms with E-state index >= 15 is 0 Å². The van der Waals surface area contributed by atoms with Crippen LogP contribution in [0, 0.1) is 17.7 Å². The van der Waals surface area contributed by atoms with Crippen LogP contribution in [0.5, 0.6) is 0 Å². The summed E-state index contributed by atoms with van der Waals surface area (Å²) < 4.78 is 12.6. The van der Waals surface area contributed by atoms with Gasteiger partial charge < -0.3 is 5.32 Å². The summed E-state index contributed by atoms with van der Waals surface area (Å²) in [4.78, 5) is 11.5. The van der Waals surface area contributed by atoms with Crippen molar-refractivity contribution in [3.63, 3.8) is 0 Å². The Morgan fingerprint density at radius 3 is 2.62 bits per heavy atom. The van der Waals surface area contributed by atoms with E-state index < -0.39 is 0 Å². The van der Waals surface area contributed by atoms with Crippen molar-refractivity contribution >= 4 is 5.91 Å². The van der Waals surface area contributed by atoms with Crippen LogP contribution >= 0.6 is 0 Å². The monoisotopic (exact) mass is 221 g/mol. The maximum Gasteiger partial charge on any atom is 0.223 e. The maximum absolute atomic E-state index is 12.6. The first kappa shape index (κ1) is 11.1. The summed E-state index contributed by atoms with van der Waals surface area (Å²) in [5, 5.41) is 2.91. The van der Waals surface area contributed by atoms with Crippen molar-refractivity contribution in [3.8, 4) is 0 Å². The van der Waals surface area contributed by atoms with Gasteiger partial charge in [-0.3, -0.25) is 4.79 Å². The number of hydrogen-bond acceptors (Lipinski definition) is 1. The Morgan fingerprint density at radius 2 is 2.06 bits per heavy atom. The van der Waals surface area contributed by atoms with E-state index in [1.54, 1.807) is 12.1 Å². The highest BCUT2D eigenvalue weighted by atomic mass is 19.1. The molecule has 1 aliphatic rings. The lowest BCUT2D eigenvalue weighted by atomic mass is 10.1. The van der Waals surface area contributed by atoms with E-state index in [1.807, 2.05) is 0 Å². The van der Waals surface area contributed by atoms with Crippen molar-refractivity contribution in [2.24, 2.45) is 11.8 Å². The Morgan fingerprint density at radius 1 is 1.44 bits per heavy atom. The van der Waals surface area contributed by atoms with Gasteiger partial charge in [0.1, 0.15) is 5.82 Å². The molecule has 1 aromatic carbocycles. The predicted octanol–water partition coefficient (Wildman–Crippen LogP) is 2.14. The topological polar surface area (TPSA) is 29.1 Å². The second kappa shape index (κ2) is 4.64. The smallest absolute Gasteiger partial charge is 0.223 e. The summed E-state index contributed by atoms with van der Waals surface area (Å²) in [6, 6.07) is 6.39. The lowest BCUT2D eigenvalue weighted by Gasteiger charge is -2.04. The van der Waals surface area contributed by atoms with Gasteiger partial charge in [0.2, 0.25) is 5.91 Å². The van der Waals surface area contributed by atoms with Crippen LogP contribution in [0.25, 0.3) is 0 Å². The SMILES string of the molecule is C[C@H]1C[C@@H]1C(=O)NCCc1ccc(F)cc1. The van der Waals surface area contributed by atoms with E-state index in [9.17, 15) is 9.18 Å². The summed E-state index contributed by atoms with van der Waals surface area (Å²) in [6.45, 7) is 2.72. The maximum atomic E-state index is 12.6. The molecule has 2 nitrogen and oxygen atoms in total. The Bertz CT molecular complexity index is 374. The first-order chi connectivity index (χ1) is 7.66. The molecule has 2 rings (SSSR count). The zero-order valence-corrected chi connectivity index (χ0v) is 9.37. The minimum Gasteiger partial charge on any atom is -0.356 e. The highest BCUT2D eigenvalue weighted by molar-refractivity contribution is 5.81. The van der Waals surface area contributed by atoms with Crippen LogP contribution < -0.4 is 5.32 Å². The summed E-state index contributed by atoms with van der Waals surface area (Å²) in [5.74, 6) is 0.716. The van der Waals surface area contributed by atoms with Crippen LogP contribution in [0.1, 0.15) is 18.9 Å². The second-order valence-electron chi connectivity index (χ2n) is 4.49. The third-order valence-corrected chi connectivity index (χ3v) is 3.07. The van der Waals surface area contributed by atoms with Gasteiger partial charge >= 0.3 is 0 Å². The van der Waals surface area contributed by atoms with Crippen LogP contribution in [-0.4, -0.2) is 12.5 Å². The van der Waals surface area contributed by atoms with E-state index in [-0.39, 0.29) is 17.6 Å². The Hall–Kier alpha value is -1.38. The van der Waals surface area contributed by atoms with Crippen LogP contribution in [0.3, 0.4) is 0 Å². The van der Waals surface area contributed by atoms with Gasteiger partial charge in [-0.05, 0) is 36.5 Å². The molecule has 0 aliphatic heterocycles. The van der Waals surface area contributed by atoms with Crippen molar-refractivity contribution in [2.45, 2.75) is 19.8 Å². The summed E-state index contributed by atoms with van der Waals surface area (Å²) in [6.07, 6.45) is 1.77. The molecule has 1 aliphatic carbocycles. The molecule has 0 unspecified atom stereocenters. The zero-order chi connectivity index (χ0) is 11.5. The fraction of sp³-hybridized carbons (Fsp3) is 0.462.